The summed E-state index contributed by atoms with van der Waals surface area (Å²) in [6.07, 6.45) is -8.98. The van der Waals surface area contributed by atoms with Crippen molar-refractivity contribution in [3.63, 3.8) is 0 Å². The van der Waals surface area contributed by atoms with Gasteiger partial charge in [-0.25, -0.2) is 4.79 Å². The van der Waals surface area contributed by atoms with E-state index in [1.807, 2.05) is 0 Å². The number of aromatic nitrogens is 1. The molecule has 2 aromatic rings. The van der Waals surface area contributed by atoms with Gasteiger partial charge in [0.05, 0.1) is 5.52 Å². The summed E-state index contributed by atoms with van der Waals surface area (Å²) >= 11 is 0. The zero-order valence-corrected chi connectivity index (χ0v) is 10.6. The molecule has 0 bridgehead atoms. The van der Waals surface area contributed by atoms with Crippen LogP contribution in [0.4, 0.5) is 22.0 Å². The van der Waals surface area contributed by atoms with Crippen molar-refractivity contribution in [3.8, 4) is 0 Å². The maximum atomic E-state index is 13.1. The molecule has 116 valence electrons. The monoisotopic (exact) mass is 311 g/mol. The van der Waals surface area contributed by atoms with E-state index < -0.39 is 29.5 Å². The van der Waals surface area contributed by atoms with Gasteiger partial charge in [-0.2, -0.15) is 22.0 Å². The Hall–Kier alpha value is -1.90. The van der Waals surface area contributed by atoms with Gasteiger partial charge in [-0.05, 0) is 24.6 Å². The average molecular weight is 311 g/mol. The molecule has 1 heterocycles. The van der Waals surface area contributed by atoms with E-state index in [0.717, 1.165) is 18.2 Å². The van der Waals surface area contributed by atoms with Gasteiger partial charge in [0.25, 0.3) is 0 Å². The Balaban J connectivity index is 2.51. The highest BCUT2D eigenvalue weighted by Crippen LogP contribution is 2.44. The summed E-state index contributed by atoms with van der Waals surface area (Å²) < 4.78 is 68.8. The first-order chi connectivity index (χ1) is 9.59. The first kappa shape index (κ1) is 15.5. The first-order valence-corrected chi connectivity index (χ1v) is 5.85. The van der Waals surface area contributed by atoms with Gasteiger partial charge in [0, 0.05) is 6.54 Å². The topological polar surface area (TPSA) is 55.4 Å². The predicted molar refractivity (Wildman–Crippen MR) is 62.1 cm³/mol. The van der Waals surface area contributed by atoms with Gasteiger partial charge < -0.3 is 9.52 Å². The number of nitrogens with zero attached hydrogens (tertiary/aromatic N) is 1. The van der Waals surface area contributed by atoms with Crippen LogP contribution in [0.1, 0.15) is 18.6 Å². The molecular formula is C12H10F5NO3. The second kappa shape index (κ2) is 4.83. The molecule has 4 nitrogen and oxygen atoms in total. The zero-order chi connectivity index (χ0) is 16.0. The number of oxazole rings is 1. The van der Waals surface area contributed by atoms with Crippen molar-refractivity contribution in [1.82, 2.24) is 4.57 Å². The van der Waals surface area contributed by atoms with E-state index in [-0.39, 0.29) is 17.6 Å². The number of aryl methyl sites for hydroxylation is 1. The molecule has 9 heteroatoms. The molecule has 0 fully saturated rings. The Morgan fingerprint density at radius 3 is 2.43 bits per heavy atom. The minimum atomic E-state index is -5.89. The molecule has 0 aliphatic carbocycles. The maximum Gasteiger partial charge on any atom is 0.456 e. The van der Waals surface area contributed by atoms with Crippen LogP contribution in [-0.4, -0.2) is 21.8 Å². The van der Waals surface area contributed by atoms with Crippen molar-refractivity contribution in [2.24, 2.45) is 0 Å². The predicted octanol–water partition coefficient (Wildman–Crippen LogP) is 2.85. The summed E-state index contributed by atoms with van der Waals surface area (Å²) in [6, 6.07) is 2.84. The Kier molecular flexibility index (Phi) is 3.56. The van der Waals surface area contributed by atoms with Crippen molar-refractivity contribution >= 4 is 11.1 Å². The van der Waals surface area contributed by atoms with E-state index in [0.29, 0.717) is 0 Å². The number of hydrogen-bond donors (Lipinski definition) is 1. The molecule has 1 aromatic carbocycles. The first-order valence-electron chi connectivity index (χ1n) is 5.85. The van der Waals surface area contributed by atoms with Crippen LogP contribution in [0.3, 0.4) is 0 Å². The van der Waals surface area contributed by atoms with Gasteiger partial charge in [-0.15, -0.1) is 0 Å². The summed E-state index contributed by atoms with van der Waals surface area (Å²) in [7, 11) is 0. The summed E-state index contributed by atoms with van der Waals surface area (Å²) in [5.74, 6) is -6.07. The van der Waals surface area contributed by atoms with E-state index in [1.54, 1.807) is 6.92 Å². The lowest BCUT2D eigenvalue weighted by Gasteiger charge is -2.24. The van der Waals surface area contributed by atoms with Crippen LogP contribution in [-0.2, 0) is 6.54 Å². The van der Waals surface area contributed by atoms with Gasteiger partial charge in [-0.1, -0.05) is 6.07 Å². The van der Waals surface area contributed by atoms with Gasteiger partial charge in [0.15, 0.2) is 11.7 Å². The number of benzene rings is 1. The number of hydrogen-bond acceptors (Lipinski definition) is 3. The van der Waals surface area contributed by atoms with Crippen molar-refractivity contribution < 1.29 is 31.5 Å². The Labute approximate surface area is 114 Å². The van der Waals surface area contributed by atoms with Crippen LogP contribution in [0, 0.1) is 0 Å². The standard InChI is InChI=1S/C12H10F5NO3/c1-2-18-7-4-3-6(5-8(7)21-10(18)20)9(19)11(13,14)12(15,16)17/h3-5,9,19H,2H2,1H3. The zero-order valence-electron chi connectivity index (χ0n) is 10.6. The van der Waals surface area contributed by atoms with Crippen LogP contribution in [0.5, 0.6) is 0 Å². The fourth-order valence-electron chi connectivity index (χ4n) is 1.92. The summed E-state index contributed by atoms with van der Waals surface area (Å²) in [5.41, 5.74) is -0.619. The molecule has 0 radical (unpaired) electrons. The molecule has 1 atom stereocenters. The lowest BCUT2D eigenvalue weighted by Crippen LogP contribution is -2.42. The molecular weight excluding hydrogens is 301 g/mol. The third-order valence-corrected chi connectivity index (χ3v) is 3.05. The summed E-state index contributed by atoms with van der Waals surface area (Å²) in [6.45, 7) is 1.88. The maximum absolute atomic E-state index is 13.1. The largest absolute Gasteiger partial charge is 0.456 e. The Morgan fingerprint density at radius 1 is 1.29 bits per heavy atom. The number of halogens is 5. The van der Waals surface area contributed by atoms with E-state index in [1.165, 1.54) is 4.57 Å². The van der Waals surface area contributed by atoms with Gasteiger partial charge >= 0.3 is 17.9 Å². The highest BCUT2D eigenvalue weighted by Gasteiger charge is 2.62. The Morgan fingerprint density at radius 2 is 1.90 bits per heavy atom. The van der Waals surface area contributed by atoms with Crippen molar-refractivity contribution in [2.75, 3.05) is 0 Å². The molecule has 0 saturated heterocycles. The molecule has 0 aliphatic rings. The summed E-state index contributed by atoms with van der Waals surface area (Å²) in [4.78, 5) is 11.4. The second-order valence-electron chi connectivity index (χ2n) is 4.36. The lowest BCUT2D eigenvalue weighted by atomic mass is 10.0. The molecule has 1 aromatic heterocycles. The van der Waals surface area contributed by atoms with E-state index in [9.17, 15) is 31.9 Å². The van der Waals surface area contributed by atoms with Crippen LogP contribution < -0.4 is 5.76 Å². The lowest BCUT2D eigenvalue weighted by molar-refractivity contribution is -0.315. The van der Waals surface area contributed by atoms with E-state index in [4.69, 9.17) is 4.42 Å². The summed E-state index contributed by atoms with van der Waals surface area (Å²) in [5, 5.41) is 9.28. The number of aliphatic hydroxyl groups is 1. The number of alkyl halides is 5. The third-order valence-electron chi connectivity index (χ3n) is 3.05. The fraction of sp³-hybridized carbons (Fsp3) is 0.417. The normalized spacial score (nSPS) is 14.6. The Bertz CT molecular complexity index is 716. The molecule has 0 aliphatic heterocycles. The van der Waals surface area contributed by atoms with Gasteiger partial charge in [0.1, 0.15) is 0 Å². The molecule has 1 unspecified atom stereocenters. The van der Waals surface area contributed by atoms with Crippen molar-refractivity contribution in [1.29, 1.82) is 0 Å². The molecule has 21 heavy (non-hydrogen) atoms. The van der Waals surface area contributed by atoms with E-state index >= 15 is 0 Å². The highest BCUT2D eigenvalue weighted by molar-refractivity contribution is 5.73. The van der Waals surface area contributed by atoms with Crippen LogP contribution in [0.2, 0.25) is 0 Å². The SMILES string of the molecule is CCn1c(=O)oc2cc(C(O)C(F)(F)C(F)(F)F)ccc21. The molecule has 2 rings (SSSR count). The van der Waals surface area contributed by atoms with Crippen LogP contribution in [0.25, 0.3) is 11.1 Å². The second-order valence-corrected chi connectivity index (χ2v) is 4.36. The highest BCUT2D eigenvalue weighted by atomic mass is 19.4. The van der Waals surface area contributed by atoms with Crippen molar-refractivity contribution in [3.05, 3.63) is 34.3 Å². The molecule has 1 N–H and O–H groups in total. The average Bonchev–Trinajstić information content (AvgIpc) is 2.70. The number of aliphatic hydroxyl groups excluding tert-OH is 1. The number of rotatable bonds is 3. The van der Waals surface area contributed by atoms with Crippen LogP contribution >= 0.6 is 0 Å². The molecule has 0 amide bonds. The van der Waals surface area contributed by atoms with E-state index in [2.05, 4.69) is 0 Å². The van der Waals surface area contributed by atoms with Crippen LogP contribution in [0.15, 0.2) is 27.4 Å². The fourth-order valence-corrected chi connectivity index (χ4v) is 1.92. The van der Waals surface area contributed by atoms with Gasteiger partial charge in [-0.3, -0.25) is 4.57 Å². The van der Waals surface area contributed by atoms with Crippen molar-refractivity contribution in [2.45, 2.75) is 31.7 Å². The number of fused-ring (bicyclic) bond motifs is 1. The quantitative estimate of drug-likeness (QED) is 0.887. The smallest absolute Gasteiger partial charge is 0.408 e. The third kappa shape index (κ3) is 2.41. The molecule has 0 saturated carbocycles. The minimum Gasteiger partial charge on any atom is -0.408 e. The molecule has 0 spiro atoms. The minimum absolute atomic E-state index is 0.170. The van der Waals surface area contributed by atoms with Gasteiger partial charge in [0.2, 0.25) is 0 Å².